The third-order valence-corrected chi connectivity index (χ3v) is 3.87. The fourth-order valence-electron chi connectivity index (χ4n) is 2.71. The number of anilines is 1. The average molecular weight is 283 g/mol. The van der Waals surface area contributed by atoms with Crippen molar-refractivity contribution < 1.29 is 5.11 Å². The van der Waals surface area contributed by atoms with Gasteiger partial charge in [0.15, 0.2) is 0 Å². The zero-order valence-electron chi connectivity index (χ0n) is 11.8. The molecule has 6 heteroatoms. The van der Waals surface area contributed by atoms with Crippen molar-refractivity contribution in [2.45, 2.75) is 25.0 Å². The zero-order valence-corrected chi connectivity index (χ0v) is 11.8. The molecule has 1 saturated carbocycles. The Hall–Kier alpha value is -2.39. The largest absolute Gasteiger partial charge is 0.393 e. The van der Waals surface area contributed by atoms with E-state index in [1.807, 2.05) is 37.6 Å². The van der Waals surface area contributed by atoms with Gasteiger partial charge in [-0.3, -0.25) is 4.68 Å². The first-order valence-electron chi connectivity index (χ1n) is 6.96. The minimum Gasteiger partial charge on any atom is -0.393 e. The molecule has 2 N–H and O–H groups in total. The average Bonchev–Trinajstić information content (AvgIpc) is 2.88. The lowest BCUT2D eigenvalue weighted by Crippen LogP contribution is -2.36. The number of rotatable bonds is 4. The van der Waals surface area contributed by atoms with Gasteiger partial charge in [-0.05, 0) is 30.9 Å². The molecule has 1 aliphatic carbocycles. The number of aryl methyl sites for hydroxylation is 1. The van der Waals surface area contributed by atoms with Crippen LogP contribution in [0.4, 0.5) is 5.82 Å². The number of nitrogens with one attached hydrogen (secondary N) is 1. The maximum absolute atomic E-state index is 9.56. The normalized spacial score (nSPS) is 22.1. The highest BCUT2D eigenvalue weighted by Crippen LogP contribution is 2.39. The molecule has 2 aromatic rings. The number of nitrogens with zero attached hydrogens (tertiary/aromatic N) is 4. The summed E-state index contributed by atoms with van der Waals surface area (Å²) in [7, 11) is 1.88. The smallest absolute Gasteiger partial charge is 0.142 e. The van der Waals surface area contributed by atoms with E-state index in [4.69, 9.17) is 5.26 Å². The van der Waals surface area contributed by atoms with Crippen molar-refractivity contribution in [2.24, 2.45) is 13.0 Å². The SMILES string of the molecule is Cn1cc(C(Nc2cccc(C#N)n2)C2CC(O)C2)cn1. The minimum absolute atomic E-state index is 0.0449. The van der Waals surface area contributed by atoms with Crippen molar-refractivity contribution in [3.8, 4) is 6.07 Å². The number of aliphatic hydroxyl groups excluding tert-OH is 1. The molecule has 2 aromatic heterocycles. The van der Waals surface area contributed by atoms with Gasteiger partial charge in [0.2, 0.25) is 0 Å². The first kappa shape index (κ1) is 13.6. The van der Waals surface area contributed by atoms with Crippen LogP contribution in [0.25, 0.3) is 0 Å². The third kappa shape index (κ3) is 2.88. The highest BCUT2D eigenvalue weighted by molar-refractivity contribution is 5.41. The van der Waals surface area contributed by atoms with Crippen molar-refractivity contribution in [1.29, 1.82) is 5.26 Å². The van der Waals surface area contributed by atoms with Crippen LogP contribution < -0.4 is 5.32 Å². The quantitative estimate of drug-likeness (QED) is 0.890. The van der Waals surface area contributed by atoms with Gasteiger partial charge in [-0.2, -0.15) is 10.4 Å². The molecule has 0 radical (unpaired) electrons. The molecule has 1 aliphatic rings. The van der Waals surface area contributed by atoms with Crippen LogP contribution in [-0.4, -0.2) is 26.0 Å². The van der Waals surface area contributed by atoms with Crippen LogP contribution in [-0.2, 0) is 7.05 Å². The van der Waals surface area contributed by atoms with Gasteiger partial charge in [0.05, 0.1) is 18.3 Å². The van der Waals surface area contributed by atoms with Crippen LogP contribution in [0.3, 0.4) is 0 Å². The second-order valence-electron chi connectivity index (χ2n) is 5.47. The van der Waals surface area contributed by atoms with E-state index in [-0.39, 0.29) is 12.1 Å². The third-order valence-electron chi connectivity index (χ3n) is 3.87. The lowest BCUT2D eigenvalue weighted by atomic mass is 9.75. The van der Waals surface area contributed by atoms with Gasteiger partial charge >= 0.3 is 0 Å². The summed E-state index contributed by atoms with van der Waals surface area (Å²) < 4.78 is 1.76. The molecule has 0 bridgehead atoms. The highest BCUT2D eigenvalue weighted by atomic mass is 16.3. The van der Waals surface area contributed by atoms with E-state index >= 15 is 0 Å². The minimum atomic E-state index is -0.214. The second kappa shape index (κ2) is 5.54. The predicted octanol–water partition coefficient (Wildman–Crippen LogP) is 1.61. The van der Waals surface area contributed by atoms with Crippen molar-refractivity contribution >= 4 is 5.82 Å². The van der Waals surface area contributed by atoms with Crippen LogP contribution in [0.15, 0.2) is 30.6 Å². The Bertz CT molecular complexity index is 669. The number of aliphatic hydroxyl groups is 1. The summed E-state index contributed by atoms with van der Waals surface area (Å²) in [5.74, 6) is 1.01. The van der Waals surface area contributed by atoms with Crippen LogP contribution >= 0.6 is 0 Å². The Morgan fingerprint density at radius 1 is 1.48 bits per heavy atom. The van der Waals surface area contributed by atoms with Crippen LogP contribution in [0, 0.1) is 17.2 Å². The summed E-state index contributed by atoms with van der Waals surface area (Å²) in [4.78, 5) is 4.26. The number of aromatic nitrogens is 3. The molecule has 0 spiro atoms. The van der Waals surface area contributed by atoms with E-state index in [9.17, 15) is 5.11 Å². The Morgan fingerprint density at radius 2 is 2.29 bits per heavy atom. The first-order valence-corrected chi connectivity index (χ1v) is 6.96. The molecule has 1 unspecified atom stereocenters. The molecular formula is C15H17N5O. The molecule has 1 fully saturated rings. The number of pyridine rings is 1. The maximum atomic E-state index is 9.56. The Morgan fingerprint density at radius 3 is 2.90 bits per heavy atom. The van der Waals surface area contributed by atoms with E-state index in [0.717, 1.165) is 18.4 Å². The number of nitriles is 1. The monoisotopic (exact) mass is 283 g/mol. The number of hydrogen-bond acceptors (Lipinski definition) is 5. The molecular weight excluding hydrogens is 266 g/mol. The van der Waals surface area contributed by atoms with E-state index in [1.165, 1.54) is 0 Å². The van der Waals surface area contributed by atoms with Gasteiger partial charge in [-0.1, -0.05) is 6.07 Å². The van der Waals surface area contributed by atoms with Gasteiger partial charge in [0, 0.05) is 18.8 Å². The van der Waals surface area contributed by atoms with Crippen molar-refractivity contribution in [3.63, 3.8) is 0 Å². The number of hydrogen-bond donors (Lipinski definition) is 2. The molecule has 0 saturated heterocycles. The fourth-order valence-corrected chi connectivity index (χ4v) is 2.71. The lowest BCUT2D eigenvalue weighted by molar-refractivity contribution is 0.0339. The molecule has 6 nitrogen and oxygen atoms in total. The summed E-state index contributed by atoms with van der Waals surface area (Å²) in [6.07, 6.45) is 5.12. The maximum Gasteiger partial charge on any atom is 0.142 e. The highest BCUT2D eigenvalue weighted by Gasteiger charge is 2.35. The van der Waals surface area contributed by atoms with Gasteiger partial charge in [0.1, 0.15) is 17.6 Å². The van der Waals surface area contributed by atoms with Gasteiger partial charge in [-0.25, -0.2) is 4.98 Å². The van der Waals surface area contributed by atoms with Gasteiger partial charge < -0.3 is 10.4 Å². The van der Waals surface area contributed by atoms with Crippen LogP contribution in [0.1, 0.15) is 30.1 Å². The van der Waals surface area contributed by atoms with E-state index in [2.05, 4.69) is 15.4 Å². The topological polar surface area (TPSA) is 86.8 Å². The molecule has 2 heterocycles. The Labute approximate surface area is 123 Å². The molecule has 21 heavy (non-hydrogen) atoms. The molecule has 1 atom stereocenters. The molecule has 0 aliphatic heterocycles. The van der Waals surface area contributed by atoms with Crippen LogP contribution in [0.2, 0.25) is 0 Å². The van der Waals surface area contributed by atoms with Crippen molar-refractivity contribution in [3.05, 3.63) is 41.9 Å². The van der Waals surface area contributed by atoms with E-state index in [1.54, 1.807) is 10.7 Å². The van der Waals surface area contributed by atoms with Gasteiger partial charge in [-0.15, -0.1) is 0 Å². The first-order chi connectivity index (χ1) is 10.2. The Balaban J connectivity index is 1.83. The summed E-state index contributed by atoms with van der Waals surface area (Å²) in [5.41, 5.74) is 1.46. The summed E-state index contributed by atoms with van der Waals surface area (Å²) in [5, 5.41) is 26.1. The van der Waals surface area contributed by atoms with E-state index in [0.29, 0.717) is 17.4 Å². The zero-order chi connectivity index (χ0) is 14.8. The van der Waals surface area contributed by atoms with Crippen molar-refractivity contribution in [2.75, 3.05) is 5.32 Å². The summed E-state index contributed by atoms with van der Waals surface area (Å²) in [6.45, 7) is 0. The van der Waals surface area contributed by atoms with Crippen LogP contribution in [0.5, 0.6) is 0 Å². The summed E-state index contributed by atoms with van der Waals surface area (Å²) >= 11 is 0. The fraction of sp³-hybridized carbons (Fsp3) is 0.400. The standard InChI is InChI=1S/C15H17N5O/c1-20-9-11(8-17-20)15(10-5-13(21)6-10)19-14-4-2-3-12(7-16)18-14/h2-4,8-10,13,15,21H,5-6H2,1H3,(H,18,19). The molecule has 0 aromatic carbocycles. The Kier molecular flexibility index (Phi) is 3.59. The van der Waals surface area contributed by atoms with E-state index < -0.39 is 0 Å². The molecule has 3 rings (SSSR count). The van der Waals surface area contributed by atoms with Crippen molar-refractivity contribution in [1.82, 2.24) is 14.8 Å². The molecule has 0 amide bonds. The predicted molar refractivity (Wildman–Crippen MR) is 77.3 cm³/mol. The lowest BCUT2D eigenvalue weighted by Gasteiger charge is -2.37. The second-order valence-corrected chi connectivity index (χ2v) is 5.47. The van der Waals surface area contributed by atoms with Gasteiger partial charge in [0.25, 0.3) is 0 Å². The summed E-state index contributed by atoms with van der Waals surface area (Å²) in [6, 6.07) is 7.42. The molecule has 108 valence electrons.